The lowest BCUT2D eigenvalue weighted by Gasteiger charge is -2.12. The third-order valence-electron chi connectivity index (χ3n) is 4.52. The zero-order valence-corrected chi connectivity index (χ0v) is 13.8. The van der Waals surface area contributed by atoms with Crippen LogP contribution in [0.2, 0.25) is 0 Å². The summed E-state index contributed by atoms with van der Waals surface area (Å²) in [6.07, 6.45) is 1.86. The van der Waals surface area contributed by atoms with Crippen molar-refractivity contribution >= 4 is 11.6 Å². The van der Waals surface area contributed by atoms with E-state index in [0.717, 1.165) is 12.8 Å². The Morgan fingerprint density at radius 2 is 1.78 bits per heavy atom. The third kappa shape index (κ3) is 3.92. The summed E-state index contributed by atoms with van der Waals surface area (Å²) in [5.74, 6) is 0.771. The Hall–Kier alpha value is -2.29. The van der Waals surface area contributed by atoms with Gasteiger partial charge >= 0.3 is 0 Å². The Morgan fingerprint density at radius 1 is 1.09 bits per heavy atom. The van der Waals surface area contributed by atoms with Gasteiger partial charge in [0, 0.05) is 32.2 Å². The number of rotatable bonds is 6. The van der Waals surface area contributed by atoms with E-state index in [2.05, 4.69) is 46.6 Å². The lowest BCUT2D eigenvalue weighted by Crippen LogP contribution is -2.27. The number of nitrogens with zero attached hydrogens (tertiary/aromatic N) is 1. The van der Waals surface area contributed by atoms with Crippen molar-refractivity contribution in [2.45, 2.75) is 18.8 Å². The summed E-state index contributed by atoms with van der Waals surface area (Å²) in [7, 11) is 4.07. The van der Waals surface area contributed by atoms with Crippen LogP contribution in [0, 0.1) is 5.92 Å². The van der Waals surface area contributed by atoms with E-state index in [1.54, 1.807) is 0 Å². The molecule has 0 heterocycles. The summed E-state index contributed by atoms with van der Waals surface area (Å²) in [5, 5.41) is 3.08. The summed E-state index contributed by atoms with van der Waals surface area (Å²) < 4.78 is 0. The Kier molecular flexibility index (Phi) is 4.65. The molecule has 1 N–H and O–H groups in total. The molecule has 3 heteroatoms. The normalized spacial score (nSPS) is 19.2. The second-order valence-corrected chi connectivity index (χ2v) is 6.46. The lowest BCUT2D eigenvalue weighted by molar-refractivity contribution is -0.122. The van der Waals surface area contributed by atoms with Gasteiger partial charge in [0.05, 0.1) is 0 Å². The first-order chi connectivity index (χ1) is 11.1. The van der Waals surface area contributed by atoms with Crippen LogP contribution in [-0.4, -0.2) is 26.5 Å². The first-order valence-corrected chi connectivity index (χ1v) is 8.24. The molecular formula is C20H24N2O. The molecule has 2 atom stereocenters. The van der Waals surface area contributed by atoms with Gasteiger partial charge in [-0.2, -0.15) is 0 Å². The number of hydrogen-bond donors (Lipinski definition) is 1. The fourth-order valence-electron chi connectivity index (χ4n) is 2.98. The highest BCUT2D eigenvalue weighted by atomic mass is 16.2. The van der Waals surface area contributed by atoms with Gasteiger partial charge in [-0.05, 0) is 42.0 Å². The average Bonchev–Trinajstić information content (AvgIpc) is 3.37. The second-order valence-electron chi connectivity index (χ2n) is 6.46. The Balaban J connectivity index is 1.43. The predicted molar refractivity (Wildman–Crippen MR) is 94.8 cm³/mol. The van der Waals surface area contributed by atoms with E-state index in [1.165, 1.54) is 16.8 Å². The number of carbonyl (C=O) groups excluding carboxylic acids is 1. The van der Waals surface area contributed by atoms with E-state index in [9.17, 15) is 4.79 Å². The van der Waals surface area contributed by atoms with E-state index >= 15 is 0 Å². The SMILES string of the molecule is CN(C)c1ccc(CCNC(=O)C2CC2c2ccccc2)cc1. The summed E-state index contributed by atoms with van der Waals surface area (Å²) in [6, 6.07) is 18.8. The van der Waals surface area contributed by atoms with E-state index < -0.39 is 0 Å². The van der Waals surface area contributed by atoms with Crippen molar-refractivity contribution in [1.82, 2.24) is 5.32 Å². The number of benzene rings is 2. The molecule has 3 nitrogen and oxygen atoms in total. The van der Waals surface area contributed by atoms with Crippen LogP contribution in [0.25, 0.3) is 0 Å². The van der Waals surface area contributed by atoms with Gasteiger partial charge in [-0.3, -0.25) is 4.79 Å². The maximum atomic E-state index is 12.2. The molecule has 0 saturated heterocycles. The van der Waals surface area contributed by atoms with Crippen LogP contribution >= 0.6 is 0 Å². The number of nitrogens with one attached hydrogen (secondary N) is 1. The van der Waals surface area contributed by atoms with Crippen LogP contribution in [0.1, 0.15) is 23.5 Å². The molecule has 0 spiro atoms. The number of carbonyl (C=O) groups is 1. The topological polar surface area (TPSA) is 32.3 Å². The minimum absolute atomic E-state index is 0.161. The third-order valence-corrected chi connectivity index (χ3v) is 4.52. The molecule has 2 unspecified atom stereocenters. The average molecular weight is 308 g/mol. The molecule has 2 aromatic rings. The molecule has 2 aromatic carbocycles. The monoisotopic (exact) mass is 308 g/mol. The summed E-state index contributed by atoms with van der Waals surface area (Å²) in [5.41, 5.74) is 3.74. The molecule has 1 amide bonds. The van der Waals surface area contributed by atoms with E-state index in [1.807, 2.05) is 32.3 Å². The molecular weight excluding hydrogens is 284 g/mol. The van der Waals surface area contributed by atoms with Crippen molar-refractivity contribution < 1.29 is 4.79 Å². The van der Waals surface area contributed by atoms with E-state index in [0.29, 0.717) is 12.5 Å². The van der Waals surface area contributed by atoms with Gasteiger partial charge in [-0.1, -0.05) is 42.5 Å². The molecule has 3 rings (SSSR count). The molecule has 120 valence electrons. The highest BCUT2D eigenvalue weighted by Crippen LogP contribution is 2.47. The highest BCUT2D eigenvalue weighted by molar-refractivity contribution is 5.82. The second kappa shape index (κ2) is 6.86. The predicted octanol–water partition coefficient (Wildman–Crippen LogP) is 3.22. The molecule has 1 aliphatic carbocycles. The van der Waals surface area contributed by atoms with Gasteiger partial charge in [0.1, 0.15) is 0 Å². The van der Waals surface area contributed by atoms with Crippen LogP contribution in [0.4, 0.5) is 5.69 Å². The lowest BCUT2D eigenvalue weighted by atomic mass is 10.1. The van der Waals surface area contributed by atoms with Crippen LogP contribution in [0.15, 0.2) is 54.6 Å². The van der Waals surface area contributed by atoms with Crippen molar-refractivity contribution in [3.63, 3.8) is 0 Å². The zero-order valence-electron chi connectivity index (χ0n) is 13.8. The molecule has 0 aromatic heterocycles. The molecule has 0 radical (unpaired) electrons. The number of amides is 1. The molecule has 1 aliphatic rings. The van der Waals surface area contributed by atoms with Crippen molar-refractivity contribution in [2.24, 2.45) is 5.92 Å². The molecule has 23 heavy (non-hydrogen) atoms. The van der Waals surface area contributed by atoms with Crippen LogP contribution < -0.4 is 10.2 Å². The van der Waals surface area contributed by atoms with Crippen molar-refractivity contribution in [2.75, 3.05) is 25.5 Å². The largest absolute Gasteiger partial charge is 0.378 e. The van der Waals surface area contributed by atoms with Crippen molar-refractivity contribution in [1.29, 1.82) is 0 Å². The standard InChI is InChI=1S/C20H24N2O/c1-22(2)17-10-8-15(9-11-17)12-13-21-20(23)19-14-18(19)16-6-4-3-5-7-16/h3-11,18-19H,12-14H2,1-2H3,(H,21,23). The smallest absolute Gasteiger partial charge is 0.223 e. The van der Waals surface area contributed by atoms with Gasteiger partial charge in [0.15, 0.2) is 0 Å². The highest BCUT2D eigenvalue weighted by Gasteiger charge is 2.43. The molecule has 0 bridgehead atoms. The first-order valence-electron chi connectivity index (χ1n) is 8.24. The minimum Gasteiger partial charge on any atom is -0.378 e. The maximum Gasteiger partial charge on any atom is 0.223 e. The maximum absolute atomic E-state index is 12.2. The number of hydrogen-bond acceptors (Lipinski definition) is 2. The van der Waals surface area contributed by atoms with Gasteiger partial charge in [-0.15, -0.1) is 0 Å². The van der Waals surface area contributed by atoms with Crippen LogP contribution in [-0.2, 0) is 11.2 Å². The zero-order chi connectivity index (χ0) is 16.2. The quantitative estimate of drug-likeness (QED) is 0.888. The Morgan fingerprint density at radius 3 is 2.43 bits per heavy atom. The Bertz CT molecular complexity index is 649. The van der Waals surface area contributed by atoms with Crippen molar-refractivity contribution in [3.8, 4) is 0 Å². The fraction of sp³-hybridized carbons (Fsp3) is 0.350. The summed E-state index contributed by atoms with van der Waals surface area (Å²) in [6.45, 7) is 0.707. The first kappa shape index (κ1) is 15.6. The van der Waals surface area contributed by atoms with Gasteiger partial charge in [0.2, 0.25) is 5.91 Å². The number of anilines is 1. The molecule has 1 saturated carbocycles. The van der Waals surface area contributed by atoms with Gasteiger partial charge < -0.3 is 10.2 Å². The summed E-state index contributed by atoms with van der Waals surface area (Å²) in [4.78, 5) is 14.3. The van der Waals surface area contributed by atoms with Crippen LogP contribution in [0.3, 0.4) is 0 Å². The van der Waals surface area contributed by atoms with Crippen LogP contribution in [0.5, 0.6) is 0 Å². The molecule has 0 aliphatic heterocycles. The Labute approximate surface area is 138 Å². The summed E-state index contributed by atoms with van der Waals surface area (Å²) >= 11 is 0. The van der Waals surface area contributed by atoms with Crippen molar-refractivity contribution in [3.05, 3.63) is 65.7 Å². The fourth-order valence-corrected chi connectivity index (χ4v) is 2.98. The van der Waals surface area contributed by atoms with Gasteiger partial charge in [-0.25, -0.2) is 0 Å². The molecule has 1 fully saturated rings. The van der Waals surface area contributed by atoms with E-state index in [-0.39, 0.29) is 11.8 Å². The minimum atomic E-state index is 0.161. The van der Waals surface area contributed by atoms with Gasteiger partial charge in [0.25, 0.3) is 0 Å². The van der Waals surface area contributed by atoms with E-state index in [4.69, 9.17) is 0 Å².